The van der Waals surface area contributed by atoms with Crippen molar-refractivity contribution in [1.29, 1.82) is 0 Å². The molecule has 1 aromatic heterocycles. The number of aromatic hydroxyl groups is 2. The zero-order chi connectivity index (χ0) is 20.8. The number of fused-ring (bicyclic) bond motifs is 2. The predicted octanol–water partition coefficient (Wildman–Crippen LogP) is 3.42. The van der Waals surface area contributed by atoms with Gasteiger partial charge in [-0.25, -0.2) is 0 Å². The number of hydrogen-bond donors (Lipinski definition) is 3. The number of nitrogens with two attached hydrogens (primary N) is 1. The van der Waals surface area contributed by atoms with Crippen LogP contribution in [0.25, 0.3) is 10.9 Å². The smallest absolute Gasteiger partial charge is 0.146 e. The van der Waals surface area contributed by atoms with Crippen LogP contribution in [0.1, 0.15) is 35.6 Å². The van der Waals surface area contributed by atoms with Gasteiger partial charge >= 0.3 is 0 Å². The molecular weight excluding hydrogens is 378 g/mol. The Morgan fingerprint density at radius 1 is 1.20 bits per heavy atom. The summed E-state index contributed by atoms with van der Waals surface area (Å²) in [5.41, 5.74) is 9.90. The largest absolute Gasteiger partial charge is 0.508 e. The van der Waals surface area contributed by atoms with E-state index in [-0.39, 0.29) is 29.7 Å². The maximum absolute atomic E-state index is 10.5. The Hall–Kier alpha value is -2.83. The number of ether oxygens (including phenoxy) is 1. The van der Waals surface area contributed by atoms with E-state index < -0.39 is 0 Å². The summed E-state index contributed by atoms with van der Waals surface area (Å²) in [7, 11) is 0. The van der Waals surface area contributed by atoms with Crippen molar-refractivity contribution in [2.75, 3.05) is 13.1 Å². The van der Waals surface area contributed by atoms with Crippen LogP contribution in [0.5, 0.6) is 17.2 Å². The fourth-order valence-corrected chi connectivity index (χ4v) is 4.99. The van der Waals surface area contributed by atoms with E-state index in [4.69, 9.17) is 10.5 Å². The van der Waals surface area contributed by atoms with Gasteiger partial charge in [0.05, 0.1) is 6.04 Å². The van der Waals surface area contributed by atoms with Crippen molar-refractivity contribution in [2.45, 2.75) is 44.4 Å². The van der Waals surface area contributed by atoms with Gasteiger partial charge in [0.1, 0.15) is 28.9 Å². The zero-order valence-electron chi connectivity index (χ0n) is 17.1. The molecule has 1 saturated heterocycles. The summed E-state index contributed by atoms with van der Waals surface area (Å²) in [6, 6.07) is 11.3. The lowest BCUT2D eigenvalue weighted by Gasteiger charge is -2.38. The van der Waals surface area contributed by atoms with Crippen LogP contribution in [-0.4, -0.2) is 45.3 Å². The van der Waals surface area contributed by atoms with E-state index in [0.29, 0.717) is 12.2 Å². The normalized spacial score (nSPS) is 24.1. The molecule has 3 atom stereocenters. The SMILES string of the molecule is Cc1ccc(O[C@H]2c3cc(O)cc(O)c3CC2N2CCCC(N)C2)c2ncccc12. The topological polar surface area (TPSA) is 91.8 Å². The Morgan fingerprint density at radius 2 is 2.07 bits per heavy atom. The number of piperidine rings is 1. The van der Waals surface area contributed by atoms with Gasteiger partial charge in [-0.15, -0.1) is 0 Å². The van der Waals surface area contributed by atoms with Crippen LogP contribution in [0.15, 0.2) is 42.6 Å². The Kier molecular flexibility index (Phi) is 4.76. The number of pyridine rings is 1. The molecule has 6 nitrogen and oxygen atoms in total. The van der Waals surface area contributed by atoms with Gasteiger partial charge in [0.2, 0.25) is 0 Å². The second kappa shape index (κ2) is 7.45. The lowest BCUT2D eigenvalue weighted by Crippen LogP contribution is -2.49. The minimum absolute atomic E-state index is 0.0408. The molecule has 4 N–H and O–H groups in total. The standard InChI is InChI=1S/C24H27N3O3/c1-14-6-7-22(23-17(14)5-2-8-26-23)30-24-19-10-16(28)11-21(29)18(19)12-20(24)27-9-3-4-15(25)13-27/h2,5-8,10-11,15,20,24,28-29H,3-4,9,12-13,25H2,1H3/t15?,20?,24-/m0/s1. The fourth-order valence-electron chi connectivity index (χ4n) is 4.99. The average molecular weight is 405 g/mol. The highest BCUT2D eigenvalue weighted by Gasteiger charge is 2.41. The van der Waals surface area contributed by atoms with Gasteiger partial charge in [0.15, 0.2) is 0 Å². The van der Waals surface area contributed by atoms with E-state index in [1.807, 2.05) is 24.3 Å². The van der Waals surface area contributed by atoms with Crippen LogP contribution in [-0.2, 0) is 6.42 Å². The second-order valence-corrected chi connectivity index (χ2v) is 8.52. The van der Waals surface area contributed by atoms with E-state index in [1.54, 1.807) is 12.3 Å². The van der Waals surface area contributed by atoms with Crippen LogP contribution in [0.4, 0.5) is 0 Å². The van der Waals surface area contributed by atoms with E-state index in [9.17, 15) is 10.2 Å². The van der Waals surface area contributed by atoms with Crippen molar-refractivity contribution >= 4 is 10.9 Å². The number of likely N-dealkylation sites (tertiary alicyclic amines) is 1. The van der Waals surface area contributed by atoms with Crippen molar-refractivity contribution in [1.82, 2.24) is 9.88 Å². The van der Waals surface area contributed by atoms with Crippen LogP contribution in [0.3, 0.4) is 0 Å². The van der Waals surface area contributed by atoms with Crippen LogP contribution < -0.4 is 10.5 Å². The Balaban J connectivity index is 1.58. The molecule has 2 aliphatic rings. The van der Waals surface area contributed by atoms with Gasteiger partial charge in [-0.2, -0.15) is 0 Å². The molecule has 0 spiro atoms. The molecule has 5 rings (SSSR count). The van der Waals surface area contributed by atoms with Gasteiger partial charge in [-0.1, -0.05) is 12.1 Å². The van der Waals surface area contributed by atoms with Crippen molar-refractivity contribution < 1.29 is 14.9 Å². The summed E-state index contributed by atoms with van der Waals surface area (Å²) in [4.78, 5) is 6.94. The van der Waals surface area contributed by atoms with E-state index >= 15 is 0 Å². The molecule has 1 aliphatic heterocycles. The van der Waals surface area contributed by atoms with Gasteiger partial charge in [-0.3, -0.25) is 9.88 Å². The summed E-state index contributed by atoms with van der Waals surface area (Å²) in [6.45, 7) is 3.82. The lowest BCUT2D eigenvalue weighted by atomic mass is 10.0. The number of aryl methyl sites for hydroxylation is 1. The summed E-state index contributed by atoms with van der Waals surface area (Å²) in [5.74, 6) is 0.875. The Morgan fingerprint density at radius 3 is 2.90 bits per heavy atom. The monoisotopic (exact) mass is 405 g/mol. The minimum Gasteiger partial charge on any atom is -0.508 e. The highest BCUT2D eigenvalue weighted by molar-refractivity contribution is 5.87. The van der Waals surface area contributed by atoms with Crippen LogP contribution >= 0.6 is 0 Å². The summed E-state index contributed by atoms with van der Waals surface area (Å²) in [5, 5.41) is 21.7. The fraction of sp³-hybridized carbons (Fsp3) is 0.375. The van der Waals surface area contributed by atoms with E-state index in [0.717, 1.165) is 53.5 Å². The maximum Gasteiger partial charge on any atom is 0.146 e. The van der Waals surface area contributed by atoms with Crippen molar-refractivity contribution in [3.8, 4) is 17.2 Å². The first-order valence-corrected chi connectivity index (χ1v) is 10.6. The third kappa shape index (κ3) is 3.26. The zero-order valence-corrected chi connectivity index (χ0v) is 17.1. The number of nitrogens with zero attached hydrogens (tertiary/aromatic N) is 2. The van der Waals surface area contributed by atoms with Gasteiger partial charge < -0.3 is 20.7 Å². The first kappa shape index (κ1) is 19.2. The van der Waals surface area contributed by atoms with Gasteiger partial charge in [0.25, 0.3) is 0 Å². The third-order valence-corrected chi connectivity index (χ3v) is 6.48. The first-order valence-electron chi connectivity index (χ1n) is 10.6. The molecule has 1 aliphatic carbocycles. The third-order valence-electron chi connectivity index (χ3n) is 6.48. The summed E-state index contributed by atoms with van der Waals surface area (Å²) in [6.07, 6.45) is 4.19. The number of hydrogen-bond acceptors (Lipinski definition) is 6. The molecule has 6 heteroatoms. The summed E-state index contributed by atoms with van der Waals surface area (Å²) < 4.78 is 6.61. The molecule has 30 heavy (non-hydrogen) atoms. The van der Waals surface area contributed by atoms with Crippen molar-refractivity contribution in [3.05, 3.63) is 59.3 Å². The molecule has 0 radical (unpaired) electrons. The number of phenols is 2. The van der Waals surface area contributed by atoms with Crippen molar-refractivity contribution in [2.24, 2.45) is 5.73 Å². The Bertz CT molecular complexity index is 1100. The summed E-state index contributed by atoms with van der Waals surface area (Å²) >= 11 is 0. The first-order chi connectivity index (χ1) is 14.5. The van der Waals surface area contributed by atoms with Crippen LogP contribution in [0.2, 0.25) is 0 Å². The van der Waals surface area contributed by atoms with Gasteiger partial charge in [0, 0.05) is 41.4 Å². The highest BCUT2D eigenvalue weighted by atomic mass is 16.5. The number of phenolic OH excluding ortho intramolecular Hbond substituents is 2. The molecule has 2 unspecified atom stereocenters. The number of rotatable bonds is 3. The number of aromatic nitrogens is 1. The Labute approximate surface area is 175 Å². The number of benzene rings is 2. The molecule has 2 aromatic carbocycles. The lowest BCUT2D eigenvalue weighted by molar-refractivity contribution is 0.0599. The molecule has 2 heterocycles. The quantitative estimate of drug-likeness (QED) is 0.618. The average Bonchev–Trinajstić information content (AvgIpc) is 3.09. The molecule has 3 aromatic rings. The van der Waals surface area contributed by atoms with Gasteiger partial charge in [-0.05, 0) is 56.5 Å². The van der Waals surface area contributed by atoms with E-state index in [1.165, 1.54) is 6.07 Å². The molecular formula is C24H27N3O3. The van der Waals surface area contributed by atoms with E-state index in [2.05, 4.69) is 16.8 Å². The van der Waals surface area contributed by atoms with Crippen LogP contribution in [0, 0.1) is 6.92 Å². The predicted molar refractivity (Wildman–Crippen MR) is 116 cm³/mol. The molecule has 156 valence electrons. The molecule has 0 saturated carbocycles. The van der Waals surface area contributed by atoms with Crippen molar-refractivity contribution in [3.63, 3.8) is 0 Å². The highest BCUT2D eigenvalue weighted by Crippen LogP contribution is 2.45. The molecule has 0 bridgehead atoms. The maximum atomic E-state index is 10.5. The second-order valence-electron chi connectivity index (χ2n) is 8.52. The minimum atomic E-state index is -0.323. The molecule has 0 amide bonds. The molecule has 1 fully saturated rings.